The summed E-state index contributed by atoms with van der Waals surface area (Å²) in [6.07, 6.45) is 2.58. The van der Waals surface area contributed by atoms with Crippen LogP contribution < -0.4 is 15.1 Å². The Morgan fingerprint density at radius 2 is 1.69 bits per heavy atom. The maximum Gasteiger partial charge on any atom is 0.407 e. The minimum absolute atomic E-state index is 0.0165. The number of piperazine rings is 1. The summed E-state index contributed by atoms with van der Waals surface area (Å²) in [7, 11) is 0. The first kappa shape index (κ1) is 27.1. The number of carbonyl (C=O) groups is 2. The number of ether oxygens (including phenoxy) is 2. The van der Waals surface area contributed by atoms with Gasteiger partial charge in [-0.05, 0) is 30.3 Å². The van der Waals surface area contributed by atoms with Crippen molar-refractivity contribution in [1.82, 2.24) is 24.8 Å². The van der Waals surface area contributed by atoms with E-state index in [9.17, 15) is 14.7 Å². The van der Waals surface area contributed by atoms with Crippen molar-refractivity contribution < 1.29 is 24.2 Å². The Morgan fingerprint density at radius 1 is 0.905 bits per heavy atom. The highest BCUT2D eigenvalue weighted by molar-refractivity contribution is 5.90. The maximum absolute atomic E-state index is 12.5. The smallest absolute Gasteiger partial charge is 0.407 e. The zero-order valence-electron chi connectivity index (χ0n) is 22.8. The zero-order valence-corrected chi connectivity index (χ0v) is 22.8. The Balaban J connectivity index is 1.20. The molecule has 5 heterocycles. The lowest BCUT2D eigenvalue weighted by molar-refractivity contribution is 0.0468. The van der Waals surface area contributed by atoms with Crippen molar-refractivity contribution in [2.24, 2.45) is 0 Å². The largest absolute Gasteiger partial charge is 0.465 e. The van der Waals surface area contributed by atoms with Gasteiger partial charge >= 0.3 is 12.1 Å². The van der Waals surface area contributed by atoms with Crippen LogP contribution in [-0.2, 0) is 16.1 Å². The molecule has 216 valence electrons. The van der Waals surface area contributed by atoms with Gasteiger partial charge in [-0.15, -0.1) is 0 Å². The van der Waals surface area contributed by atoms with Gasteiger partial charge in [0.1, 0.15) is 17.9 Å². The van der Waals surface area contributed by atoms with E-state index in [0.29, 0.717) is 86.8 Å². The number of amides is 1. The summed E-state index contributed by atoms with van der Waals surface area (Å²) in [5, 5.41) is 13.1. The number of rotatable bonds is 7. The molecular weight excluding hydrogens is 540 g/mol. The van der Waals surface area contributed by atoms with Crippen LogP contribution in [0.25, 0.3) is 10.9 Å². The number of benzene rings is 1. The fraction of sp³-hybridized carbons (Fsp3) is 0.310. The molecule has 1 aromatic carbocycles. The van der Waals surface area contributed by atoms with Gasteiger partial charge in [-0.3, -0.25) is 0 Å². The molecule has 2 saturated heterocycles. The summed E-state index contributed by atoms with van der Waals surface area (Å²) in [6.45, 7) is 4.62. The van der Waals surface area contributed by atoms with Crippen molar-refractivity contribution >= 4 is 46.2 Å². The molecule has 0 saturated carbocycles. The monoisotopic (exact) mass is 570 g/mol. The number of fused-ring (bicyclic) bond motifs is 1. The van der Waals surface area contributed by atoms with Crippen LogP contribution >= 0.6 is 0 Å². The number of aromatic nitrogens is 4. The third kappa shape index (κ3) is 6.15. The summed E-state index contributed by atoms with van der Waals surface area (Å²) in [5.74, 6) is 1.21. The predicted molar refractivity (Wildman–Crippen MR) is 155 cm³/mol. The van der Waals surface area contributed by atoms with Gasteiger partial charge in [-0.25, -0.2) is 29.5 Å². The molecule has 0 unspecified atom stereocenters. The Labute approximate surface area is 241 Å². The number of anilines is 4. The molecule has 0 spiro atoms. The Bertz CT molecular complexity index is 1560. The van der Waals surface area contributed by atoms with Gasteiger partial charge in [-0.1, -0.05) is 18.2 Å². The molecule has 2 N–H and O–H groups in total. The average Bonchev–Trinajstić information content (AvgIpc) is 3.04. The van der Waals surface area contributed by atoms with E-state index < -0.39 is 12.1 Å². The summed E-state index contributed by atoms with van der Waals surface area (Å²) in [6, 6.07) is 14.5. The van der Waals surface area contributed by atoms with Crippen LogP contribution in [0, 0.1) is 0 Å². The zero-order chi connectivity index (χ0) is 28.9. The quantitative estimate of drug-likeness (QED) is 0.315. The van der Waals surface area contributed by atoms with Gasteiger partial charge in [0.05, 0.1) is 36.4 Å². The molecule has 13 nitrogen and oxygen atoms in total. The van der Waals surface area contributed by atoms with Crippen LogP contribution in [0.15, 0.2) is 60.9 Å². The van der Waals surface area contributed by atoms with Crippen LogP contribution in [-0.4, -0.2) is 94.5 Å². The maximum atomic E-state index is 12.5. The van der Waals surface area contributed by atoms with Gasteiger partial charge < -0.3 is 34.6 Å². The molecule has 2 aliphatic rings. The molecule has 0 atom stereocenters. The molecule has 2 fully saturated rings. The second-order valence-corrected chi connectivity index (χ2v) is 9.89. The Hall–Kier alpha value is -5.04. The SMILES string of the molecule is O=C(OCc1cc2cnc(Nc3ccc(N4CCN(C(=O)O)CC4)cn3)nc2c(N2CCOCC2)n1)c1ccccc1. The number of morpholine rings is 1. The van der Waals surface area contributed by atoms with Gasteiger partial charge in [-0.2, -0.15) is 0 Å². The number of nitrogens with one attached hydrogen (secondary N) is 1. The number of nitrogens with zero attached hydrogens (tertiary/aromatic N) is 7. The minimum atomic E-state index is -0.891. The molecule has 0 bridgehead atoms. The summed E-state index contributed by atoms with van der Waals surface area (Å²) in [4.78, 5) is 47.9. The van der Waals surface area contributed by atoms with Crippen molar-refractivity contribution in [2.75, 3.05) is 67.6 Å². The van der Waals surface area contributed by atoms with Crippen molar-refractivity contribution in [3.63, 3.8) is 0 Å². The molecule has 6 rings (SSSR count). The number of esters is 1. The Kier molecular flexibility index (Phi) is 7.90. The molecule has 4 aromatic rings. The van der Waals surface area contributed by atoms with Gasteiger partial charge in [0, 0.05) is 50.9 Å². The molecule has 2 aliphatic heterocycles. The highest BCUT2D eigenvalue weighted by atomic mass is 16.5. The van der Waals surface area contributed by atoms with Crippen LogP contribution in [0.1, 0.15) is 16.1 Å². The standard InChI is InChI=1S/C29H30N8O5/c38-27(20-4-2-1-3-5-20)42-19-22-16-21-17-31-28(34-25(21)26(32-22)36-12-14-41-15-13-36)33-24-7-6-23(18-30-24)35-8-10-37(11-9-35)29(39)40/h1-7,16-18H,8-15,19H2,(H,39,40)(H,30,31,33,34). The van der Waals surface area contributed by atoms with E-state index in [0.717, 1.165) is 11.1 Å². The fourth-order valence-corrected chi connectivity index (χ4v) is 4.92. The van der Waals surface area contributed by atoms with E-state index in [1.807, 2.05) is 24.3 Å². The summed E-state index contributed by atoms with van der Waals surface area (Å²) < 4.78 is 11.1. The third-order valence-electron chi connectivity index (χ3n) is 7.17. The van der Waals surface area contributed by atoms with Crippen molar-refractivity contribution in [3.8, 4) is 0 Å². The lowest BCUT2D eigenvalue weighted by atomic mass is 10.2. The Morgan fingerprint density at radius 3 is 2.40 bits per heavy atom. The average molecular weight is 571 g/mol. The van der Waals surface area contributed by atoms with E-state index in [2.05, 4.69) is 25.1 Å². The van der Waals surface area contributed by atoms with Crippen LogP contribution in [0.2, 0.25) is 0 Å². The lowest BCUT2D eigenvalue weighted by Gasteiger charge is -2.34. The second kappa shape index (κ2) is 12.2. The molecule has 1 amide bonds. The highest BCUT2D eigenvalue weighted by Gasteiger charge is 2.22. The van der Waals surface area contributed by atoms with Crippen molar-refractivity contribution in [1.29, 1.82) is 0 Å². The van der Waals surface area contributed by atoms with Gasteiger partial charge in [0.15, 0.2) is 5.82 Å². The molecule has 0 aliphatic carbocycles. The van der Waals surface area contributed by atoms with E-state index in [1.54, 1.807) is 36.7 Å². The molecule has 42 heavy (non-hydrogen) atoms. The molecular formula is C29H30N8O5. The van der Waals surface area contributed by atoms with E-state index in [4.69, 9.17) is 19.4 Å². The van der Waals surface area contributed by atoms with E-state index in [-0.39, 0.29) is 6.61 Å². The first-order chi connectivity index (χ1) is 20.5. The molecule has 0 radical (unpaired) electrons. The lowest BCUT2D eigenvalue weighted by Crippen LogP contribution is -2.48. The molecule has 3 aromatic heterocycles. The van der Waals surface area contributed by atoms with Gasteiger partial charge in [0.25, 0.3) is 0 Å². The van der Waals surface area contributed by atoms with Crippen molar-refractivity contribution in [3.05, 3.63) is 72.2 Å². The highest BCUT2D eigenvalue weighted by Crippen LogP contribution is 2.27. The van der Waals surface area contributed by atoms with Crippen molar-refractivity contribution in [2.45, 2.75) is 6.61 Å². The van der Waals surface area contributed by atoms with E-state index in [1.165, 1.54) is 4.90 Å². The first-order valence-corrected chi connectivity index (χ1v) is 13.7. The second-order valence-electron chi connectivity index (χ2n) is 9.89. The first-order valence-electron chi connectivity index (χ1n) is 13.7. The normalized spacial score (nSPS) is 15.5. The van der Waals surface area contributed by atoms with Crippen LogP contribution in [0.3, 0.4) is 0 Å². The van der Waals surface area contributed by atoms with E-state index >= 15 is 0 Å². The van der Waals surface area contributed by atoms with Crippen LogP contribution in [0.4, 0.5) is 28.1 Å². The molecule has 13 heteroatoms. The topological polar surface area (TPSA) is 146 Å². The number of carbonyl (C=O) groups excluding carboxylic acids is 1. The number of pyridine rings is 2. The van der Waals surface area contributed by atoms with Crippen LogP contribution in [0.5, 0.6) is 0 Å². The summed E-state index contributed by atoms with van der Waals surface area (Å²) in [5.41, 5.74) is 2.66. The summed E-state index contributed by atoms with van der Waals surface area (Å²) >= 11 is 0. The predicted octanol–water partition coefficient (Wildman–Crippen LogP) is 3.16. The number of hydrogen-bond donors (Lipinski definition) is 2. The van der Waals surface area contributed by atoms with Gasteiger partial charge in [0.2, 0.25) is 5.95 Å². The minimum Gasteiger partial charge on any atom is -0.465 e. The fourth-order valence-electron chi connectivity index (χ4n) is 4.92. The number of carboxylic acid groups (broad SMARTS) is 1. The number of hydrogen-bond acceptors (Lipinski definition) is 11. The third-order valence-corrected chi connectivity index (χ3v) is 7.17.